The molecular weight excluding hydrogens is 238 g/mol. The van der Waals surface area contributed by atoms with Crippen LogP contribution in [-0.2, 0) is 10.0 Å². The number of sulfonamides is 1. The van der Waals surface area contributed by atoms with Crippen LogP contribution in [-0.4, -0.2) is 32.9 Å². The summed E-state index contributed by atoms with van der Waals surface area (Å²) >= 11 is 0. The van der Waals surface area contributed by atoms with Gasteiger partial charge in [-0.25, -0.2) is 13.1 Å². The second kappa shape index (κ2) is 6.74. The van der Waals surface area contributed by atoms with E-state index in [9.17, 15) is 8.42 Å². The van der Waals surface area contributed by atoms with Crippen LogP contribution in [0.1, 0.15) is 24.3 Å². The quantitative estimate of drug-likeness (QED) is 0.768. The molecule has 0 heterocycles. The molecule has 1 aromatic carbocycles. The van der Waals surface area contributed by atoms with Crippen molar-refractivity contribution in [3.63, 3.8) is 0 Å². The van der Waals surface area contributed by atoms with Gasteiger partial charge in [-0.2, -0.15) is 0 Å². The molecule has 4 nitrogen and oxygen atoms in total. The Bertz CT molecular complexity index is 417. The third kappa shape index (κ3) is 5.81. The number of rotatable bonds is 7. The Hall–Kier alpha value is -0.910. The van der Waals surface area contributed by atoms with E-state index in [1.807, 2.05) is 30.3 Å². The van der Waals surface area contributed by atoms with E-state index < -0.39 is 10.0 Å². The molecule has 0 saturated carbocycles. The van der Waals surface area contributed by atoms with Crippen LogP contribution in [0.5, 0.6) is 0 Å². The van der Waals surface area contributed by atoms with Crippen molar-refractivity contribution in [3.8, 4) is 0 Å². The standard InChI is InChI=1S/C12H19NO3S/c1-17(15,16)13-9-7-12(8-10-14)11-5-3-2-4-6-11/h2-6,12-14H,7-10H2,1H3. The van der Waals surface area contributed by atoms with Crippen molar-refractivity contribution in [3.05, 3.63) is 35.9 Å². The maximum Gasteiger partial charge on any atom is 0.208 e. The van der Waals surface area contributed by atoms with E-state index in [1.54, 1.807) is 0 Å². The molecule has 0 aromatic heterocycles. The van der Waals surface area contributed by atoms with Gasteiger partial charge < -0.3 is 5.11 Å². The number of benzene rings is 1. The first-order valence-corrected chi connectivity index (χ1v) is 7.52. The molecule has 1 unspecified atom stereocenters. The fourth-order valence-corrected chi connectivity index (χ4v) is 2.27. The number of nitrogens with one attached hydrogen (secondary N) is 1. The maximum atomic E-state index is 10.9. The van der Waals surface area contributed by atoms with Gasteiger partial charge in [0.2, 0.25) is 10.0 Å². The molecule has 0 saturated heterocycles. The number of aliphatic hydroxyl groups excluding tert-OH is 1. The minimum atomic E-state index is -3.13. The first-order valence-electron chi connectivity index (χ1n) is 5.63. The summed E-state index contributed by atoms with van der Waals surface area (Å²) in [5, 5.41) is 9.02. The van der Waals surface area contributed by atoms with Crippen molar-refractivity contribution >= 4 is 10.0 Å². The second-order valence-electron chi connectivity index (χ2n) is 4.08. The molecule has 1 rings (SSSR count). The van der Waals surface area contributed by atoms with E-state index in [-0.39, 0.29) is 12.5 Å². The lowest BCUT2D eigenvalue weighted by Crippen LogP contribution is -2.24. The van der Waals surface area contributed by atoms with Gasteiger partial charge in [-0.1, -0.05) is 30.3 Å². The summed E-state index contributed by atoms with van der Waals surface area (Å²) in [7, 11) is -3.13. The minimum Gasteiger partial charge on any atom is -0.396 e. The molecule has 0 aliphatic heterocycles. The Morgan fingerprint density at radius 1 is 1.24 bits per heavy atom. The normalized spacial score (nSPS) is 13.5. The molecule has 5 heteroatoms. The van der Waals surface area contributed by atoms with Crippen LogP contribution in [0.4, 0.5) is 0 Å². The van der Waals surface area contributed by atoms with Crippen molar-refractivity contribution in [1.29, 1.82) is 0 Å². The van der Waals surface area contributed by atoms with Gasteiger partial charge in [-0.15, -0.1) is 0 Å². The Morgan fingerprint density at radius 3 is 2.41 bits per heavy atom. The average molecular weight is 257 g/mol. The van der Waals surface area contributed by atoms with Crippen molar-refractivity contribution in [1.82, 2.24) is 4.72 Å². The molecule has 1 aromatic rings. The number of hydrogen-bond acceptors (Lipinski definition) is 3. The minimum absolute atomic E-state index is 0.110. The average Bonchev–Trinajstić information content (AvgIpc) is 2.27. The van der Waals surface area contributed by atoms with Gasteiger partial charge >= 0.3 is 0 Å². The van der Waals surface area contributed by atoms with E-state index >= 15 is 0 Å². The summed E-state index contributed by atoms with van der Waals surface area (Å²) in [4.78, 5) is 0. The second-order valence-corrected chi connectivity index (χ2v) is 5.91. The molecule has 0 aliphatic rings. The lowest BCUT2D eigenvalue weighted by atomic mass is 9.93. The van der Waals surface area contributed by atoms with Gasteiger partial charge in [-0.05, 0) is 24.3 Å². The first-order chi connectivity index (χ1) is 8.03. The fourth-order valence-electron chi connectivity index (χ4n) is 1.78. The topological polar surface area (TPSA) is 66.4 Å². The zero-order valence-corrected chi connectivity index (χ0v) is 10.8. The van der Waals surface area contributed by atoms with Crippen LogP contribution in [0.3, 0.4) is 0 Å². The molecule has 96 valence electrons. The Morgan fingerprint density at radius 2 is 1.88 bits per heavy atom. The maximum absolute atomic E-state index is 10.9. The van der Waals surface area contributed by atoms with E-state index in [1.165, 1.54) is 0 Å². The first kappa shape index (κ1) is 14.2. The van der Waals surface area contributed by atoms with E-state index in [4.69, 9.17) is 5.11 Å². The molecule has 0 fully saturated rings. The van der Waals surface area contributed by atoms with Crippen LogP contribution in [0.15, 0.2) is 30.3 Å². The highest BCUT2D eigenvalue weighted by atomic mass is 32.2. The van der Waals surface area contributed by atoms with Crippen LogP contribution in [0.25, 0.3) is 0 Å². The Balaban J connectivity index is 2.56. The van der Waals surface area contributed by atoms with Gasteiger partial charge in [-0.3, -0.25) is 0 Å². The van der Waals surface area contributed by atoms with Crippen LogP contribution in [0.2, 0.25) is 0 Å². The van der Waals surface area contributed by atoms with Gasteiger partial charge in [0.25, 0.3) is 0 Å². The monoisotopic (exact) mass is 257 g/mol. The van der Waals surface area contributed by atoms with Gasteiger partial charge in [0, 0.05) is 13.2 Å². The lowest BCUT2D eigenvalue weighted by molar-refractivity contribution is 0.273. The number of aliphatic hydroxyl groups is 1. The summed E-state index contributed by atoms with van der Waals surface area (Å²) in [6.07, 6.45) is 2.49. The van der Waals surface area contributed by atoms with Crippen molar-refractivity contribution in [2.45, 2.75) is 18.8 Å². The zero-order chi connectivity index (χ0) is 12.7. The molecular formula is C12H19NO3S. The highest BCUT2D eigenvalue weighted by molar-refractivity contribution is 7.88. The predicted octanol–water partition coefficient (Wildman–Crippen LogP) is 1.09. The van der Waals surface area contributed by atoms with Crippen molar-refractivity contribution in [2.75, 3.05) is 19.4 Å². The van der Waals surface area contributed by atoms with Crippen LogP contribution >= 0.6 is 0 Å². The fraction of sp³-hybridized carbons (Fsp3) is 0.500. The predicted molar refractivity (Wildman–Crippen MR) is 68.3 cm³/mol. The van der Waals surface area contributed by atoms with E-state index in [0.717, 1.165) is 11.8 Å². The molecule has 1 atom stereocenters. The van der Waals surface area contributed by atoms with E-state index in [0.29, 0.717) is 19.4 Å². The third-order valence-corrected chi connectivity index (χ3v) is 3.33. The Kier molecular flexibility index (Phi) is 5.61. The number of hydrogen-bond donors (Lipinski definition) is 2. The molecule has 0 aliphatic carbocycles. The highest BCUT2D eigenvalue weighted by Crippen LogP contribution is 2.22. The molecule has 17 heavy (non-hydrogen) atoms. The molecule has 0 amide bonds. The summed E-state index contributed by atoms with van der Waals surface area (Å²) in [6.45, 7) is 0.511. The van der Waals surface area contributed by atoms with Crippen LogP contribution in [0, 0.1) is 0 Å². The van der Waals surface area contributed by atoms with Gasteiger partial charge in [0.05, 0.1) is 6.26 Å². The summed E-state index contributed by atoms with van der Waals surface area (Å²) < 4.78 is 24.4. The molecule has 0 spiro atoms. The third-order valence-electron chi connectivity index (χ3n) is 2.61. The molecule has 0 radical (unpaired) electrons. The lowest BCUT2D eigenvalue weighted by Gasteiger charge is -2.16. The highest BCUT2D eigenvalue weighted by Gasteiger charge is 2.11. The molecule has 0 bridgehead atoms. The smallest absolute Gasteiger partial charge is 0.208 e. The SMILES string of the molecule is CS(=O)(=O)NCCC(CCO)c1ccccc1. The van der Waals surface area contributed by atoms with Crippen molar-refractivity contribution < 1.29 is 13.5 Å². The summed E-state index contributed by atoms with van der Waals surface area (Å²) in [5.74, 6) is 0.190. The van der Waals surface area contributed by atoms with Crippen LogP contribution < -0.4 is 4.72 Å². The Labute approximate surface area is 103 Å². The molecule has 2 N–H and O–H groups in total. The van der Waals surface area contributed by atoms with Gasteiger partial charge in [0.1, 0.15) is 0 Å². The van der Waals surface area contributed by atoms with Crippen molar-refractivity contribution in [2.24, 2.45) is 0 Å². The summed E-state index contributed by atoms with van der Waals surface area (Å²) in [5.41, 5.74) is 1.14. The zero-order valence-electron chi connectivity index (χ0n) is 9.96. The summed E-state index contributed by atoms with van der Waals surface area (Å²) in [6, 6.07) is 9.84. The van der Waals surface area contributed by atoms with Gasteiger partial charge in [0.15, 0.2) is 0 Å². The van der Waals surface area contributed by atoms with E-state index in [2.05, 4.69) is 4.72 Å². The largest absolute Gasteiger partial charge is 0.396 e.